The van der Waals surface area contributed by atoms with E-state index in [1.54, 1.807) is 36.5 Å². The van der Waals surface area contributed by atoms with Crippen molar-refractivity contribution in [2.45, 2.75) is 29.6 Å². The highest BCUT2D eigenvalue weighted by Gasteiger charge is 2.72. The number of hydrogen-bond donors (Lipinski definition) is 1. The lowest BCUT2D eigenvalue weighted by molar-refractivity contribution is -0.163. The van der Waals surface area contributed by atoms with Gasteiger partial charge in [-0.3, -0.25) is 9.59 Å². The van der Waals surface area contributed by atoms with Crippen molar-refractivity contribution in [3.8, 4) is 0 Å². The van der Waals surface area contributed by atoms with Crippen molar-refractivity contribution in [2.75, 3.05) is 18.6 Å². The van der Waals surface area contributed by atoms with E-state index in [-0.39, 0.29) is 4.58 Å². The van der Waals surface area contributed by atoms with E-state index in [1.807, 2.05) is 6.08 Å². The van der Waals surface area contributed by atoms with E-state index in [1.165, 1.54) is 7.11 Å². The second-order valence-corrected chi connectivity index (χ2v) is 8.45. The monoisotopic (exact) mass is 330 g/mol. The van der Waals surface area contributed by atoms with Gasteiger partial charge in [0.2, 0.25) is 0 Å². The molecule has 1 N–H and O–H groups in total. The van der Waals surface area contributed by atoms with Crippen LogP contribution in [0.4, 0.5) is 0 Å². The molecule has 21 heavy (non-hydrogen) atoms. The molecule has 0 aromatic rings. The topological polar surface area (TPSA) is 72.8 Å². The van der Waals surface area contributed by atoms with Crippen molar-refractivity contribution in [1.29, 1.82) is 0 Å². The third-order valence-corrected chi connectivity index (χ3v) is 7.81. The number of carbonyl (C=O) groups excluding carboxylic acids is 1. The first-order valence-electron chi connectivity index (χ1n) is 6.88. The van der Waals surface area contributed by atoms with E-state index in [9.17, 15) is 14.7 Å². The summed E-state index contributed by atoms with van der Waals surface area (Å²) < 4.78 is 11.0. The summed E-state index contributed by atoms with van der Waals surface area (Å²) in [6, 6.07) is 0. The number of carbonyl (C=O) groups is 2. The van der Waals surface area contributed by atoms with E-state index in [2.05, 4.69) is 0 Å². The molecule has 0 saturated carbocycles. The summed E-state index contributed by atoms with van der Waals surface area (Å²) in [5.74, 6) is -0.332. The van der Waals surface area contributed by atoms with Crippen LogP contribution < -0.4 is 0 Å². The molecule has 3 aliphatic rings. The van der Waals surface area contributed by atoms with Gasteiger partial charge in [0.15, 0.2) is 0 Å². The Hall–Kier alpha value is -0.660. The average molecular weight is 330 g/mol. The van der Waals surface area contributed by atoms with Crippen LogP contribution >= 0.6 is 23.5 Å². The zero-order valence-corrected chi connectivity index (χ0v) is 13.5. The van der Waals surface area contributed by atoms with Crippen LogP contribution in [0.1, 0.15) is 13.3 Å². The molecule has 3 aliphatic heterocycles. The fourth-order valence-electron chi connectivity index (χ4n) is 3.47. The largest absolute Gasteiger partial charge is 0.481 e. The average Bonchev–Trinajstić information content (AvgIpc) is 3.04. The Kier molecular flexibility index (Phi) is 3.78. The van der Waals surface area contributed by atoms with Gasteiger partial charge < -0.3 is 14.6 Å². The molecule has 0 aliphatic carbocycles. The minimum absolute atomic E-state index is 0.0257. The van der Waals surface area contributed by atoms with Gasteiger partial charge in [0.1, 0.15) is 16.9 Å². The highest BCUT2D eigenvalue weighted by Crippen LogP contribution is 2.60. The predicted molar refractivity (Wildman–Crippen MR) is 81.3 cm³/mol. The van der Waals surface area contributed by atoms with Gasteiger partial charge >= 0.3 is 11.9 Å². The number of esters is 1. The first kappa shape index (κ1) is 15.2. The van der Waals surface area contributed by atoms with Gasteiger partial charge in [-0.2, -0.15) is 0 Å². The van der Waals surface area contributed by atoms with Crippen LogP contribution in [0.5, 0.6) is 0 Å². The fraction of sp³-hybridized carbons (Fsp3) is 0.714. The van der Waals surface area contributed by atoms with Crippen molar-refractivity contribution in [1.82, 2.24) is 0 Å². The highest BCUT2D eigenvalue weighted by molar-refractivity contribution is 8.17. The van der Waals surface area contributed by atoms with Crippen LogP contribution in [0, 0.1) is 11.3 Å². The normalized spacial score (nSPS) is 42.2. The molecule has 2 saturated heterocycles. The molecule has 116 valence electrons. The number of aliphatic carboxylic acids is 1. The van der Waals surface area contributed by atoms with Crippen LogP contribution in [0.15, 0.2) is 12.2 Å². The van der Waals surface area contributed by atoms with Gasteiger partial charge in [-0.15, -0.1) is 23.5 Å². The number of fused-ring (bicyclic) bond motifs is 2. The van der Waals surface area contributed by atoms with Crippen molar-refractivity contribution in [3.63, 3.8) is 0 Å². The van der Waals surface area contributed by atoms with Crippen LogP contribution in [0.3, 0.4) is 0 Å². The number of carboxylic acid groups (broad SMARTS) is 1. The summed E-state index contributed by atoms with van der Waals surface area (Å²) in [4.78, 5) is 24.2. The van der Waals surface area contributed by atoms with Crippen LogP contribution in [0.25, 0.3) is 0 Å². The number of hydrogen-bond acceptors (Lipinski definition) is 6. The number of thioether (sulfide) groups is 2. The number of ether oxygens (including phenoxy) is 2. The smallest absolute Gasteiger partial charge is 0.313 e. The summed E-state index contributed by atoms with van der Waals surface area (Å²) in [5, 5.41) is 9.69. The fourth-order valence-corrected chi connectivity index (χ4v) is 6.72. The molecule has 2 fully saturated rings. The van der Waals surface area contributed by atoms with Gasteiger partial charge in [0.05, 0.1) is 17.8 Å². The predicted octanol–water partition coefficient (Wildman–Crippen LogP) is 1.77. The quantitative estimate of drug-likeness (QED) is 0.624. The Labute approximate surface area is 131 Å². The molecule has 0 aromatic carbocycles. The van der Waals surface area contributed by atoms with Crippen molar-refractivity contribution < 1.29 is 24.2 Å². The van der Waals surface area contributed by atoms with Crippen molar-refractivity contribution in [3.05, 3.63) is 12.2 Å². The van der Waals surface area contributed by atoms with Crippen LogP contribution in [0.2, 0.25) is 0 Å². The summed E-state index contributed by atoms with van der Waals surface area (Å²) in [6.07, 6.45) is 4.22. The first-order valence-corrected chi connectivity index (χ1v) is 8.98. The molecule has 5 nitrogen and oxygen atoms in total. The van der Waals surface area contributed by atoms with Gasteiger partial charge in [0.25, 0.3) is 0 Å². The zero-order chi connectivity index (χ0) is 15.3. The van der Waals surface area contributed by atoms with E-state index in [4.69, 9.17) is 9.47 Å². The lowest BCUT2D eigenvalue weighted by Gasteiger charge is -2.40. The van der Waals surface area contributed by atoms with Gasteiger partial charge in [0, 0.05) is 0 Å². The maximum atomic E-state index is 12.4. The first-order chi connectivity index (χ1) is 9.96. The molecule has 7 heteroatoms. The highest BCUT2D eigenvalue weighted by atomic mass is 32.2. The van der Waals surface area contributed by atoms with E-state index >= 15 is 0 Å². The van der Waals surface area contributed by atoms with Crippen molar-refractivity contribution in [2.24, 2.45) is 11.3 Å². The lowest BCUT2D eigenvalue weighted by atomic mass is 9.65. The molecule has 4 atom stereocenters. The molecule has 0 aromatic heterocycles. The van der Waals surface area contributed by atoms with Crippen LogP contribution in [-0.4, -0.2) is 51.9 Å². The summed E-state index contributed by atoms with van der Waals surface area (Å²) in [5.41, 5.74) is -2.15. The molecule has 2 bridgehead atoms. The lowest BCUT2D eigenvalue weighted by Crippen LogP contribution is -2.54. The molecule has 3 heterocycles. The Morgan fingerprint density at radius 1 is 1.38 bits per heavy atom. The SMILES string of the molecule is COC(=O)[C@H]1[C@](C)(C(=O)O)[C@@H]2C=C[C@@]1(C1SCCCS1)O2. The summed E-state index contributed by atoms with van der Waals surface area (Å²) >= 11 is 3.48. The Morgan fingerprint density at radius 2 is 2.05 bits per heavy atom. The van der Waals surface area contributed by atoms with E-state index in [0.717, 1.165) is 17.9 Å². The number of methoxy groups -OCH3 is 1. The standard InChI is InChI=1S/C14H18O5S2/c1-13(11(16)17)8-4-5-14(19-8,9(13)10(15)18-2)12-20-6-3-7-21-12/h4-5,8-9,12H,3,6-7H2,1-2H3,(H,16,17)/t8-,9-,13+,14+/m0/s1. The van der Waals surface area contributed by atoms with Gasteiger partial charge in [-0.05, 0) is 24.9 Å². The zero-order valence-electron chi connectivity index (χ0n) is 11.9. The Bertz CT molecular complexity index is 502. The maximum absolute atomic E-state index is 12.4. The Balaban J connectivity index is 2.05. The molecular weight excluding hydrogens is 312 g/mol. The third kappa shape index (κ3) is 1.97. The van der Waals surface area contributed by atoms with Gasteiger partial charge in [-0.25, -0.2) is 0 Å². The van der Waals surface area contributed by atoms with E-state index < -0.39 is 35.0 Å². The molecule has 0 unspecified atom stereocenters. The molecule has 3 rings (SSSR count). The maximum Gasteiger partial charge on any atom is 0.313 e. The Morgan fingerprint density at radius 3 is 2.62 bits per heavy atom. The van der Waals surface area contributed by atoms with Gasteiger partial charge in [-0.1, -0.05) is 12.2 Å². The number of carboxylic acids is 1. The third-order valence-electron chi connectivity index (χ3n) is 4.60. The second-order valence-electron chi connectivity index (χ2n) is 5.72. The minimum Gasteiger partial charge on any atom is -0.481 e. The molecule has 0 amide bonds. The molecular formula is C14H18O5S2. The summed E-state index contributed by atoms with van der Waals surface area (Å²) in [7, 11) is 1.30. The van der Waals surface area contributed by atoms with Crippen molar-refractivity contribution >= 4 is 35.5 Å². The summed E-state index contributed by atoms with van der Waals surface area (Å²) in [6.45, 7) is 1.59. The second kappa shape index (κ2) is 5.21. The molecule has 0 radical (unpaired) electrons. The van der Waals surface area contributed by atoms with E-state index in [0.29, 0.717) is 0 Å². The van der Waals surface area contributed by atoms with Crippen LogP contribution in [-0.2, 0) is 19.1 Å². The minimum atomic E-state index is -1.28. The number of rotatable bonds is 3. The molecule has 0 spiro atoms.